The monoisotopic (exact) mass is 281 g/mol. The van der Waals surface area contributed by atoms with Crippen LogP contribution in [0.4, 0.5) is 0 Å². The Labute approximate surface area is 116 Å². The van der Waals surface area contributed by atoms with E-state index in [1.807, 2.05) is 0 Å². The van der Waals surface area contributed by atoms with E-state index in [9.17, 15) is 4.79 Å². The van der Waals surface area contributed by atoms with E-state index in [-0.39, 0.29) is 11.9 Å². The molecule has 2 aliphatic rings. The maximum atomic E-state index is 11.8. The number of rotatable bonds is 6. The Hall–Kier alpha value is -1.24. The number of carbonyl (C=O) groups is 1. The zero-order valence-corrected chi connectivity index (χ0v) is 11.8. The summed E-state index contributed by atoms with van der Waals surface area (Å²) in [5.41, 5.74) is 0. The number of nitrogens with two attached hydrogens (primary N) is 1. The maximum Gasteiger partial charge on any atom is 0.230 e. The molecule has 6 nitrogen and oxygen atoms in total. The van der Waals surface area contributed by atoms with Crippen LogP contribution in [-0.2, 0) is 4.79 Å². The third-order valence-electron chi connectivity index (χ3n) is 3.68. The Morgan fingerprint density at radius 1 is 1.47 bits per heavy atom. The van der Waals surface area contributed by atoms with Gasteiger partial charge < -0.3 is 11.2 Å². The van der Waals surface area contributed by atoms with Crippen LogP contribution >= 0.6 is 11.8 Å². The molecule has 3 N–H and O–H groups in total. The minimum Gasteiger partial charge on any atom is -0.353 e. The topological polar surface area (TPSA) is 85.8 Å². The van der Waals surface area contributed by atoms with Crippen molar-refractivity contribution < 1.29 is 4.79 Å². The quantitative estimate of drug-likeness (QED) is 0.597. The van der Waals surface area contributed by atoms with E-state index in [0.29, 0.717) is 22.7 Å². The van der Waals surface area contributed by atoms with Gasteiger partial charge >= 0.3 is 0 Å². The van der Waals surface area contributed by atoms with Crippen molar-refractivity contribution in [3.63, 3.8) is 0 Å². The molecule has 0 saturated heterocycles. The molecule has 2 fully saturated rings. The molecule has 2 aliphatic carbocycles. The lowest BCUT2D eigenvalue weighted by Crippen LogP contribution is -2.35. The molecule has 0 bridgehead atoms. The fourth-order valence-corrected chi connectivity index (χ4v) is 2.82. The van der Waals surface area contributed by atoms with Crippen LogP contribution in [0.5, 0.6) is 0 Å². The van der Waals surface area contributed by atoms with Gasteiger partial charge in [0.2, 0.25) is 11.1 Å². The highest BCUT2D eigenvalue weighted by Crippen LogP contribution is 2.39. The molecule has 0 aromatic carbocycles. The Morgan fingerprint density at radius 2 is 2.21 bits per heavy atom. The Kier molecular flexibility index (Phi) is 3.38. The number of hydrogen-bond donors (Lipinski definition) is 2. The number of carbonyl (C=O) groups excluding carboxylic acids is 1. The number of nitrogen functional groups attached to an aromatic ring is 1. The number of nitrogens with zero attached hydrogens (tertiary/aromatic N) is 3. The molecule has 7 heteroatoms. The zero-order valence-electron chi connectivity index (χ0n) is 11.0. The molecule has 1 heterocycles. The van der Waals surface area contributed by atoms with Gasteiger partial charge in [-0.05, 0) is 38.5 Å². The van der Waals surface area contributed by atoms with E-state index in [0.717, 1.165) is 18.7 Å². The predicted molar refractivity (Wildman–Crippen MR) is 73.2 cm³/mol. The normalized spacial score (nSPS) is 20.3. The molecular formula is C12H19N5OS. The fraction of sp³-hybridized carbons (Fsp3) is 0.750. The van der Waals surface area contributed by atoms with E-state index in [2.05, 4.69) is 22.4 Å². The summed E-state index contributed by atoms with van der Waals surface area (Å²) in [5, 5.41) is 11.8. The lowest BCUT2D eigenvalue weighted by Gasteiger charge is -2.12. The highest BCUT2D eigenvalue weighted by Gasteiger charge is 2.30. The van der Waals surface area contributed by atoms with Crippen molar-refractivity contribution in [2.75, 3.05) is 11.6 Å². The summed E-state index contributed by atoms with van der Waals surface area (Å²) >= 11 is 1.35. The van der Waals surface area contributed by atoms with Gasteiger partial charge in [-0.15, -0.1) is 10.2 Å². The number of nitrogens with one attached hydrogen (secondary N) is 1. The standard InChI is InChI=1S/C12H19N5OS/c1-7(8-2-3-8)14-10(18)6-19-12-16-15-11(17(12)13)9-4-5-9/h7-9H,2-6,13H2,1H3,(H,14,18)/t7-/m1/s1. The molecule has 1 aromatic heterocycles. The van der Waals surface area contributed by atoms with Gasteiger partial charge in [-0.3, -0.25) is 4.79 Å². The number of thioether (sulfide) groups is 1. The van der Waals surface area contributed by atoms with Crippen LogP contribution < -0.4 is 11.2 Å². The van der Waals surface area contributed by atoms with Crippen molar-refractivity contribution in [1.82, 2.24) is 20.2 Å². The van der Waals surface area contributed by atoms with Crippen LogP contribution in [0, 0.1) is 5.92 Å². The summed E-state index contributed by atoms with van der Waals surface area (Å²) in [6.07, 6.45) is 4.74. The molecule has 0 unspecified atom stereocenters. The Morgan fingerprint density at radius 3 is 2.84 bits per heavy atom. The minimum atomic E-state index is 0.0420. The van der Waals surface area contributed by atoms with Crippen LogP contribution in [0.3, 0.4) is 0 Å². The Balaban J connectivity index is 1.49. The summed E-state index contributed by atoms with van der Waals surface area (Å²) in [6.45, 7) is 2.07. The molecule has 1 atom stereocenters. The molecule has 2 saturated carbocycles. The van der Waals surface area contributed by atoms with Crippen LogP contribution in [0.15, 0.2) is 5.16 Å². The van der Waals surface area contributed by atoms with E-state index in [1.165, 1.54) is 29.3 Å². The van der Waals surface area contributed by atoms with Crippen molar-refractivity contribution in [3.05, 3.63) is 5.82 Å². The molecule has 0 spiro atoms. The molecule has 1 amide bonds. The molecule has 19 heavy (non-hydrogen) atoms. The largest absolute Gasteiger partial charge is 0.353 e. The lowest BCUT2D eigenvalue weighted by atomic mass is 10.2. The highest BCUT2D eigenvalue weighted by molar-refractivity contribution is 7.99. The number of amides is 1. The van der Waals surface area contributed by atoms with Gasteiger partial charge in [0.15, 0.2) is 5.82 Å². The third-order valence-corrected chi connectivity index (χ3v) is 4.63. The summed E-state index contributed by atoms with van der Waals surface area (Å²) in [4.78, 5) is 11.8. The van der Waals surface area contributed by atoms with Crippen molar-refractivity contribution in [1.29, 1.82) is 0 Å². The van der Waals surface area contributed by atoms with Gasteiger partial charge in [0, 0.05) is 12.0 Å². The lowest BCUT2D eigenvalue weighted by molar-refractivity contribution is -0.119. The van der Waals surface area contributed by atoms with Crippen molar-refractivity contribution in [2.45, 2.75) is 49.7 Å². The smallest absolute Gasteiger partial charge is 0.230 e. The van der Waals surface area contributed by atoms with Crippen LogP contribution in [0.2, 0.25) is 0 Å². The van der Waals surface area contributed by atoms with Gasteiger partial charge in [0.05, 0.1) is 5.75 Å². The zero-order chi connectivity index (χ0) is 13.4. The van der Waals surface area contributed by atoms with Crippen molar-refractivity contribution in [2.24, 2.45) is 5.92 Å². The highest BCUT2D eigenvalue weighted by atomic mass is 32.2. The maximum absolute atomic E-state index is 11.8. The summed E-state index contributed by atoms with van der Waals surface area (Å²) in [7, 11) is 0. The van der Waals surface area contributed by atoms with E-state index in [1.54, 1.807) is 0 Å². The third kappa shape index (κ3) is 3.02. The van der Waals surface area contributed by atoms with Gasteiger partial charge in [-0.2, -0.15) is 0 Å². The second kappa shape index (κ2) is 5.03. The SMILES string of the molecule is C[C@@H](NC(=O)CSc1nnc(C2CC2)n1N)C1CC1. The van der Waals surface area contributed by atoms with Gasteiger partial charge in [0.1, 0.15) is 0 Å². The molecule has 3 rings (SSSR count). The van der Waals surface area contributed by atoms with Crippen LogP contribution in [0.25, 0.3) is 0 Å². The first-order valence-electron chi connectivity index (χ1n) is 6.77. The Bertz CT molecular complexity index is 480. The van der Waals surface area contributed by atoms with Gasteiger partial charge in [-0.25, -0.2) is 4.68 Å². The van der Waals surface area contributed by atoms with E-state index >= 15 is 0 Å². The van der Waals surface area contributed by atoms with Crippen LogP contribution in [0.1, 0.15) is 44.3 Å². The number of aromatic nitrogens is 3. The summed E-state index contributed by atoms with van der Waals surface area (Å²) < 4.78 is 1.53. The summed E-state index contributed by atoms with van der Waals surface area (Å²) in [5.74, 6) is 8.30. The molecule has 0 aliphatic heterocycles. The first-order chi connectivity index (χ1) is 9.15. The number of hydrogen-bond acceptors (Lipinski definition) is 5. The second-order valence-electron chi connectivity index (χ2n) is 5.47. The first kappa shape index (κ1) is 12.8. The average Bonchev–Trinajstić information content (AvgIpc) is 3.26. The van der Waals surface area contributed by atoms with E-state index < -0.39 is 0 Å². The first-order valence-corrected chi connectivity index (χ1v) is 7.76. The molecule has 104 valence electrons. The summed E-state index contributed by atoms with van der Waals surface area (Å²) in [6, 6.07) is 0.283. The average molecular weight is 281 g/mol. The van der Waals surface area contributed by atoms with E-state index in [4.69, 9.17) is 5.84 Å². The molecular weight excluding hydrogens is 262 g/mol. The minimum absolute atomic E-state index is 0.0420. The molecule has 1 aromatic rings. The van der Waals surface area contributed by atoms with Gasteiger partial charge in [-0.1, -0.05) is 11.8 Å². The van der Waals surface area contributed by atoms with Crippen molar-refractivity contribution >= 4 is 17.7 Å². The van der Waals surface area contributed by atoms with Gasteiger partial charge in [0.25, 0.3) is 0 Å². The fourth-order valence-electron chi connectivity index (χ4n) is 2.15. The van der Waals surface area contributed by atoms with Crippen molar-refractivity contribution in [3.8, 4) is 0 Å². The van der Waals surface area contributed by atoms with Crippen LogP contribution in [-0.4, -0.2) is 32.6 Å². The molecule has 0 radical (unpaired) electrons. The predicted octanol–water partition coefficient (Wildman–Crippen LogP) is 0.876. The second-order valence-corrected chi connectivity index (χ2v) is 6.41.